The van der Waals surface area contributed by atoms with Crippen molar-refractivity contribution < 1.29 is 14.6 Å². The van der Waals surface area contributed by atoms with E-state index < -0.39 is 5.60 Å². The Hall–Kier alpha value is -1.92. The van der Waals surface area contributed by atoms with Gasteiger partial charge in [0, 0.05) is 5.38 Å². The van der Waals surface area contributed by atoms with Gasteiger partial charge in [-0.1, -0.05) is 25.0 Å². The van der Waals surface area contributed by atoms with Gasteiger partial charge in [-0.2, -0.15) is 0 Å². The van der Waals surface area contributed by atoms with Crippen LogP contribution in [0.3, 0.4) is 0 Å². The summed E-state index contributed by atoms with van der Waals surface area (Å²) in [6, 6.07) is 7.31. The monoisotopic (exact) mass is 332 g/mol. The molecular weight excluding hydrogens is 312 g/mol. The second-order valence-corrected chi connectivity index (χ2v) is 6.64. The molecule has 23 heavy (non-hydrogen) atoms. The minimum atomic E-state index is -0.847. The maximum atomic E-state index is 12.2. The summed E-state index contributed by atoms with van der Waals surface area (Å²) in [7, 11) is 0. The molecule has 5 nitrogen and oxygen atoms in total. The van der Waals surface area contributed by atoms with E-state index >= 15 is 0 Å². The highest BCUT2D eigenvalue weighted by atomic mass is 32.1. The predicted octanol–water partition coefficient (Wildman–Crippen LogP) is 3.36. The van der Waals surface area contributed by atoms with E-state index in [2.05, 4.69) is 10.3 Å². The average molecular weight is 332 g/mol. The molecule has 1 fully saturated rings. The quantitative estimate of drug-likeness (QED) is 0.851. The third-order valence-corrected chi connectivity index (χ3v) is 4.68. The van der Waals surface area contributed by atoms with Crippen LogP contribution < -0.4 is 10.1 Å². The molecule has 0 unspecified atom stereocenters. The van der Waals surface area contributed by atoms with Gasteiger partial charge in [-0.05, 0) is 25.0 Å². The summed E-state index contributed by atoms with van der Waals surface area (Å²) >= 11 is 1.52. The summed E-state index contributed by atoms with van der Waals surface area (Å²) < 4.78 is 5.74. The molecule has 0 saturated heterocycles. The molecule has 122 valence electrons. The van der Waals surface area contributed by atoms with Crippen LogP contribution in [-0.2, 0) is 11.4 Å². The summed E-state index contributed by atoms with van der Waals surface area (Å²) in [4.78, 5) is 16.4. The first-order valence-electron chi connectivity index (χ1n) is 7.76. The first kappa shape index (κ1) is 16.0. The number of benzene rings is 1. The predicted molar refractivity (Wildman–Crippen MR) is 89.6 cm³/mol. The van der Waals surface area contributed by atoms with E-state index in [0.717, 1.165) is 18.5 Å². The van der Waals surface area contributed by atoms with Crippen LogP contribution in [0.2, 0.25) is 0 Å². The normalized spacial score (nSPS) is 16.2. The number of rotatable bonds is 6. The largest absolute Gasteiger partial charge is 0.485 e. The van der Waals surface area contributed by atoms with Crippen molar-refractivity contribution >= 4 is 22.9 Å². The second kappa shape index (κ2) is 7.10. The van der Waals surface area contributed by atoms with E-state index in [4.69, 9.17) is 4.74 Å². The van der Waals surface area contributed by atoms with Gasteiger partial charge in [0.1, 0.15) is 12.4 Å². The number of carbonyl (C=O) groups excluding carboxylic acids is 1. The molecule has 1 aromatic heterocycles. The van der Waals surface area contributed by atoms with E-state index in [1.807, 2.05) is 23.6 Å². The molecule has 2 N–H and O–H groups in total. The average Bonchev–Trinajstić information content (AvgIpc) is 3.18. The fourth-order valence-electron chi connectivity index (χ4n) is 2.86. The Morgan fingerprint density at radius 1 is 1.35 bits per heavy atom. The summed E-state index contributed by atoms with van der Waals surface area (Å²) in [5, 5.41) is 15.1. The topological polar surface area (TPSA) is 71.5 Å². The Bertz CT molecular complexity index is 652. The molecule has 0 atom stereocenters. The molecule has 1 amide bonds. The summed E-state index contributed by atoms with van der Waals surface area (Å²) in [5.41, 5.74) is 2.39. The standard InChI is InChI=1S/C17H20N2O3S/c20-16(9-17(21)7-3-4-8-17)19-14-5-1-2-6-15(14)22-10-13-11-23-12-18-13/h1-2,5-6,11-12,21H,3-4,7-10H2,(H,19,20). The molecule has 1 saturated carbocycles. The Morgan fingerprint density at radius 3 is 2.87 bits per heavy atom. The second-order valence-electron chi connectivity index (χ2n) is 5.92. The zero-order valence-corrected chi connectivity index (χ0v) is 13.6. The van der Waals surface area contributed by atoms with Crippen molar-refractivity contribution in [3.63, 3.8) is 0 Å². The Kier molecular flexibility index (Phi) is 4.93. The van der Waals surface area contributed by atoms with Gasteiger partial charge in [0.05, 0.1) is 28.9 Å². The number of hydrogen-bond acceptors (Lipinski definition) is 5. The molecule has 2 aromatic rings. The number of nitrogens with one attached hydrogen (secondary N) is 1. The highest BCUT2D eigenvalue weighted by molar-refractivity contribution is 7.07. The summed E-state index contributed by atoms with van der Waals surface area (Å²) in [5.74, 6) is 0.423. The highest BCUT2D eigenvalue weighted by Crippen LogP contribution is 2.33. The minimum Gasteiger partial charge on any atom is -0.485 e. The number of nitrogens with zero attached hydrogens (tertiary/aromatic N) is 1. The molecule has 1 aliphatic rings. The molecule has 0 radical (unpaired) electrons. The number of carbonyl (C=O) groups is 1. The fraction of sp³-hybridized carbons (Fsp3) is 0.412. The lowest BCUT2D eigenvalue weighted by Crippen LogP contribution is -2.30. The molecule has 0 bridgehead atoms. The van der Waals surface area contributed by atoms with Crippen LogP contribution in [0.1, 0.15) is 37.8 Å². The van der Waals surface area contributed by atoms with Gasteiger partial charge in [0.25, 0.3) is 0 Å². The lowest BCUT2D eigenvalue weighted by molar-refractivity contribution is -0.120. The first-order chi connectivity index (χ1) is 11.1. The summed E-state index contributed by atoms with van der Waals surface area (Å²) in [6.07, 6.45) is 3.49. The SMILES string of the molecule is O=C(CC1(O)CCCC1)Nc1ccccc1OCc1cscn1. The maximum Gasteiger partial charge on any atom is 0.227 e. The number of thiazole rings is 1. The highest BCUT2D eigenvalue weighted by Gasteiger charge is 2.33. The molecule has 3 rings (SSSR count). The fourth-order valence-corrected chi connectivity index (χ4v) is 3.40. The van der Waals surface area contributed by atoms with Gasteiger partial charge in [0.2, 0.25) is 5.91 Å². The molecule has 6 heteroatoms. The van der Waals surface area contributed by atoms with Crippen molar-refractivity contribution in [1.29, 1.82) is 0 Å². The number of hydrogen-bond donors (Lipinski definition) is 2. The van der Waals surface area contributed by atoms with Crippen molar-refractivity contribution in [2.75, 3.05) is 5.32 Å². The minimum absolute atomic E-state index is 0.132. The van der Waals surface area contributed by atoms with E-state index in [0.29, 0.717) is 30.9 Å². The van der Waals surface area contributed by atoms with E-state index in [1.54, 1.807) is 11.6 Å². The molecule has 0 aliphatic heterocycles. The van der Waals surface area contributed by atoms with Gasteiger partial charge in [0.15, 0.2) is 0 Å². The number of amides is 1. The molecule has 0 spiro atoms. The first-order valence-corrected chi connectivity index (χ1v) is 8.70. The van der Waals surface area contributed by atoms with Crippen LogP contribution in [0.5, 0.6) is 5.75 Å². The van der Waals surface area contributed by atoms with Gasteiger partial charge < -0.3 is 15.2 Å². The molecule has 1 aromatic carbocycles. The molecular formula is C17H20N2O3S. The maximum absolute atomic E-state index is 12.2. The number of para-hydroxylation sites is 2. The van der Waals surface area contributed by atoms with Crippen molar-refractivity contribution in [3.05, 3.63) is 40.8 Å². The van der Waals surface area contributed by atoms with Crippen molar-refractivity contribution in [3.8, 4) is 5.75 Å². The Balaban J connectivity index is 1.61. The zero-order chi connectivity index (χ0) is 16.1. The number of anilines is 1. The van der Waals surface area contributed by atoms with E-state index in [1.165, 1.54) is 11.3 Å². The smallest absolute Gasteiger partial charge is 0.227 e. The van der Waals surface area contributed by atoms with Gasteiger partial charge >= 0.3 is 0 Å². The van der Waals surface area contributed by atoms with Crippen molar-refractivity contribution in [2.24, 2.45) is 0 Å². The van der Waals surface area contributed by atoms with Gasteiger partial charge in [-0.3, -0.25) is 4.79 Å². The third kappa shape index (κ3) is 4.30. The van der Waals surface area contributed by atoms with Crippen LogP contribution in [-0.4, -0.2) is 21.6 Å². The van der Waals surface area contributed by atoms with E-state index in [-0.39, 0.29) is 12.3 Å². The van der Waals surface area contributed by atoms with Gasteiger partial charge in [-0.25, -0.2) is 4.98 Å². The van der Waals surface area contributed by atoms with Crippen LogP contribution in [0.4, 0.5) is 5.69 Å². The zero-order valence-electron chi connectivity index (χ0n) is 12.8. The third-order valence-electron chi connectivity index (χ3n) is 4.04. The number of ether oxygens (including phenoxy) is 1. The molecule has 1 heterocycles. The van der Waals surface area contributed by atoms with Crippen LogP contribution in [0.25, 0.3) is 0 Å². The van der Waals surface area contributed by atoms with Crippen molar-refractivity contribution in [1.82, 2.24) is 4.98 Å². The van der Waals surface area contributed by atoms with Crippen LogP contribution in [0, 0.1) is 0 Å². The molecule has 1 aliphatic carbocycles. The lowest BCUT2D eigenvalue weighted by atomic mass is 9.97. The lowest BCUT2D eigenvalue weighted by Gasteiger charge is -2.21. The van der Waals surface area contributed by atoms with E-state index in [9.17, 15) is 9.90 Å². The Morgan fingerprint density at radius 2 is 2.13 bits per heavy atom. The van der Waals surface area contributed by atoms with Crippen LogP contribution >= 0.6 is 11.3 Å². The number of aliphatic hydroxyl groups is 1. The Labute approximate surface area is 139 Å². The number of aromatic nitrogens is 1. The van der Waals surface area contributed by atoms with Crippen molar-refractivity contribution in [2.45, 2.75) is 44.3 Å². The van der Waals surface area contributed by atoms with Gasteiger partial charge in [-0.15, -0.1) is 11.3 Å². The summed E-state index contributed by atoms with van der Waals surface area (Å²) in [6.45, 7) is 0.361. The van der Waals surface area contributed by atoms with Crippen LogP contribution in [0.15, 0.2) is 35.2 Å².